The van der Waals surface area contributed by atoms with Gasteiger partial charge in [-0.1, -0.05) is 0 Å². The Bertz CT molecular complexity index is 459. The van der Waals surface area contributed by atoms with Gasteiger partial charge < -0.3 is 26.5 Å². The van der Waals surface area contributed by atoms with Gasteiger partial charge in [0.15, 0.2) is 0 Å². The largest absolute Gasteiger partial charge is 0.480 e. The van der Waals surface area contributed by atoms with E-state index in [0.29, 0.717) is 13.0 Å². The van der Waals surface area contributed by atoms with Crippen molar-refractivity contribution in [3.8, 4) is 0 Å². The highest BCUT2D eigenvalue weighted by molar-refractivity contribution is 5.83. The van der Waals surface area contributed by atoms with Crippen molar-refractivity contribution in [1.29, 1.82) is 0 Å². The molecule has 0 spiro atoms. The van der Waals surface area contributed by atoms with E-state index in [9.17, 15) is 14.4 Å². The summed E-state index contributed by atoms with van der Waals surface area (Å²) >= 11 is 0. The molecule has 0 unspecified atom stereocenters. The maximum Gasteiger partial charge on any atom is 0.326 e. The molecule has 0 saturated heterocycles. The van der Waals surface area contributed by atoms with Crippen LogP contribution in [0.5, 0.6) is 0 Å². The minimum Gasteiger partial charge on any atom is -0.480 e. The first kappa shape index (κ1) is 15.5. The van der Waals surface area contributed by atoms with Crippen molar-refractivity contribution in [1.82, 2.24) is 20.6 Å². The Morgan fingerprint density at radius 1 is 1.45 bits per heavy atom. The Morgan fingerprint density at radius 3 is 2.75 bits per heavy atom. The number of primary amides is 1. The number of hydrogen-bond donors (Lipinski definition) is 5. The number of urea groups is 1. The zero-order valence-electron chi connectivity index (χ0n) is 10.8. The molecule has 0 bridgehead atoms. The summed E-state index contributed by atoms with van der Waals surface area (Å²) in [7, 11) is 0. The number of carboxylic acids is 1. The number of imidazole rings is 1. The van der Waals surface area contributed by atoms with Crippen LogP contribution in [0.25, 0.3) is 0 Å². The monoisotopic (exact) mass is 283 g/mol. The van der Waals surface area contributed by atoms with Crippen LogP contribution in [0, 0.1) is 0 Å². The van der Waals surface area contributed by atoms with E-state index in [1.165, 1.54) is 6.33 Å². The second kappa shape index (κ2) is 7.77. The van der Waals surface area contributed by atoms with Gasteiger partial charge in [0, 0.05) is 31.3 Å². The summed E-state index contributed by atoms with van der Waals surface area (Å²) in [5, 5.41) is 13.7. The number of H-pyrrole nitrogens is 1. The molecule has 3 amide bonds. The van der Waals surface area contributed by atoms with Crippen LogP contribution >= 0.6 is 0 Å². The van der Waals surface area contributed by atoms with Crippen molar-refractivity contribution in [3.05, 3.63) is 18.2 Å². The number of aromatic amines is 1. The third-order valence-electron chi connectivity index (χ3n) is 2.52. The summed E-state index contributed by atoms with van der Waals surface area (Å²) in [6.07, 6.45) is 3.56. The van der Waals surface area contributed by atoms with Crippen molar-refractivity contribution >= 4 is 17.9 Å². The molecule has 0 saturated carbocycles. The van der Waals surface area contributed by atoms with Crippen molar-refractivity contribution in [2.45, 2.75) is 25.3 Å². The number of nitrogens with zero attached hydrogens (tertiary/aromatic N) is 1. The van der Waals surface area contributed by atoms with E-state index in [0.717, 1.165) is 5.69 Å². The molecule has 6 N–H and O–H groups in total. The number of hydrogen-bond acceptors (Lipinski definition) is 4. The Kier molecular flexibility index (Phi) is 6.01. The topological polar surface area (TPSA) is 150 Å². The van der Waals surface area contributed by atoms with Crippen LogP contribution in [0.1, 0.15) is 18.5 Å². The highest BCUT2D eigenvalue weighted by Crippen LogP contribution is 1.97. The van der Waals surface area contributed by atoms with Gasteiger partial charge in [-0.15, -0.1) is 0 Å². The Morgan fingerprint density at radius 2 is 2.20 bits per heavy atom. The fourth-order valence-corrected chi connectivity index (χ4v) is 1.49. The zero-order valence-corrected chi connectivity index (χ0v) is 10.8. The summed E-state index contributed by atoms with van der Waals surface area (Å²) in [6.45, 7) is 0.330. The van der Waals surface area contributed by atoms with Crippen LogP contribution in [0.4, 0.5) is 4.79 Å². The molecule has 9 heteroatoms. The van der Waals surface area contributed by atoms with Crippen LogP contribution in [-0.2, 0) is 16.0 Å². The van der Waals surface area contributed by atoms with Gasteiger partial charge in [0.25, 0.3) is 0 Å². The molecule has 20 heavy (non-hydrogen) atoms. The number of aliphatic carboxylic acids is 1. The van der Waals surface area contributed by atoms with E-state index in [4.69, 9.17) is 10.8 Å². The molecule has 9 nitrogen and oxygen atoms in total. The summed E-state index contributed by atoms with van der Waals surface area (Å²) in [4.78, 5) is 39.7. The van der Waals surface area contributed by atoms with Gasteiger partial charge in [0.05, 0.1) is 6.33 Å². The molecule has 1 heterocycles. The van der Waals surface area contributed by atoms with E-state index in [1.807, 2.05) is 0 Å². The predicted octanol–water partition coefficient (Wildman–Crippen LogP) is -1.03. The number of aromatic nitrogens is 2. The zero-order chi connectivity index (χ0) is 15.0. The van der Waals surface area contributed by atoms with Crippen LogP contribution in [0.2, 0.25) is 0 Å². The molecule has 1 aromatic heterocycles. The van der Waals surface area contributed by atoms with E-state index in [2.05, 4.69) is 20.6 Å². The lowest BCUT2D eigenvalue weighted by atomic mass is 10.1. The van der Waals surface area contributed by atoms with E-state index < -0.39 is 23.9 Å². The lowest BCUT2D eigenvalue weighted by Gasteiger charge is -2.14. The molecule has 0 aliphatic rings. The van der Waals surface area contributed by atoms with Gasteiger partial charge in [-0.3, -0.25) is 4.79 Å². The molecule has 1 atom stereocenters. The van der Waals surface area contributed by atoms with Gasteiger partial charge in [0.1, 0.15) is 6.04 Å². The average Bonchev–Trinajstić information content (AvgIpc) is 2.87. The molecule has 0 fully saturated rings. The van der Waals surface area contributed by atoms with Gasteiger partial charge in [0.2, 0.25) is 5.91 Å². The normalized spacial score (nSPS) is 11.6. The van der Waals surface area contributed by atoms with E-state index in [-0.39, 0.29) is 12.8 Å². The number of nitrogens with one attached hydrogen (secondary N) is 3. The lowest BCUT2D eigenvalue weighted by molar-refractivity contribution is -0.139. The smallest absolute Gasteiger partial charge is 0.326 e. The summed E-state index contributed by atoms with van der Waals surface area (Å²) in [5.74, 6) is -1.83. The van der Waals surface area contributed by atoms with Crippen LogP contribution < -0.4 is 16.4 Å². The fourth-order valence-electron chi connectivity index (χ4n) is 1.49. The molecular formula is C11H17N5O4. The fraction of sp³-hybridized carbons (Fsp3) is 0.455. The van der Waals surface area contributed by atoms with Crippen LogP contribution in [0.15, 0.2) is 12.5 Å². The second-order valence-corrected chi connectivity index (χ2v) is 4.12. The number of carboxylic acid groups (broad SMARTS) is 1. The maximum atomic E-state index is 11.5. The van der Waals surface area contributed by atoms with Gasteiger partial charge >= 0.3 is 12.0 Å². The summed E-state index contributed by atoms with van der Waals surface area (Å²) in [5.41, 5.74) is 5.79. The molecular weight excluding hydrogens is 266 g/mol. The third-order valence-corrected chi connectivity index (χ3v) is 2.52. The van der Waals surface area contributed by atoms with Gasteiger partial charge in [-0.05, 0) is 6.42 Å². The van der Waals surface area contributed by atoms with E-state index in [1.54, 1.807) is 6.20 Å². The molecule has 0 aliphatic heterocycles. The quantitative estimate of drug-likeness (QED) is 0.413. The lowest BCUT2D eigenvalue weighted by Crippen LogP contribution is -2.46. The number of amides is 3. The molecule has 0 aromatic carbocycles. The third kappa shape index (κ3) is 5.85. The number of carbonyl (C=O) groups is 3. The molecule has 0 radical (unpaired) electrons. The van der Waals surface area contributed by atoms with Crippen molar-refractivity contribution in [2.75, 3.05) is 6.54 Å². The first-order valence-corrected chi connectivity index (χ1v) is 6.01. The van der Waals surface area contributed by atoms with Crippen molar-refractivity contribution in [2.24, 2.45) is 5.73 Å². The number of rotatable bonds is 8. The molecule has 0 aliphatic carbocycles. The van der Waals surface area contributed by atoms with Crippen LogP contribution in [-0.4, -0.2) is 45.6 Å². The highest BCUT2D eigenvalue weighted by atomic mass is 16.4. The predicted molar refractivity (Wildman–Crippen MR) is 68.7 cm³/mol. The number of carbonyl (C=O) groups excluding carboxylic acids is 2. The van der Waals surface area contributed by atoms with Gasteiger partial charge in [-0.2, -0.15) is 0 Å². The second-order valence-electron chi connectivity index (χ2n) is 4.12. The van der Waals surface area contributed by atoms with Crippen LogP contribution in [0.3, 0.4) is 0 Å². The summed E-state index contributed by atoms with van der Waals surface area (Å²) < 4.78 is 0. The van der Waals surface area contributed by atoms with Crippen molar-refractivity contribution in [3.63, 3.8) is 0 Å². The first-order valence-electron chi connectivity index (χ1n) is 6.01. The van der Waals surface area contributed by atoms with E-state index >= 15 is 0 Å². The summed E-state index contributed by atoms with van der Waals surface area (Å²) in [6, 6.07) is -1.75. The van der Waals surface area contributed by atoms with Crippen molar-refractivity contribution < 1.29 is 19.5 Å². The Hall–Kier alpha value is -2.58. The molecule has 1 rings (SSSR count). The average molecular weight is 283 g/mol. The first-order chi connectivity index (χ1) is 9.49. The Balaban J connectivity index is 2.30. The number of nitrogens with two attached hydrogens (primary N) is 1. The molecule has 110 valence electrons. The highest BCUT2D eigenvalue weighted by Gasteiger charge is 2.20. The SMILES string of the molecule is NC(=O)CC[C@H](NC(=O)NCCc1cnc[nH]1)C(=O)O. The maximum absolute atomic E-state index is 11.5. The molecule has 1 aromatic rings. The minimum absolute atomic E-state index is 0.0430. The van der Waals surface area contributed by atoms with Gasteiger partial charge in [-0.25, -0.2) is 14.6 Å². The standard InChI is InChI=1S/C11H17N5O4/c12-9(17)2-1-8(10(18)19)16-11(20)14-4-3-7-5-13-6-15-7/h5-6,8H,1-4H2,(H2,12,17)(H,13,15)(H,18,19)(H2,14,16,20)/t8-/m0/s1. The minimum atomic E-state index is -1.21. The Labute approximate surface area is 114 Å².